The van der Waals surface area contributed by atoms with E-state index in [2.05, 4.69) is 6.07 Å². The molecule has 1 heterocycles. The van der Waals surface area contributed by atoms with Crippen LogP contribution >= 0.6 is 11.6 Å². The third-order valence-corrected chi connectivity index (χ3v) is 4.76. The number of carboxylic acid groups (broad SMARTS) is 1. The van der Waals surface area contributed by atoms with E-state index in [1.54, 1.807) is 19.0 Å². The first-order valence-electron chi connectivity index (χ1n) is 7.25. The number of hydrogen-bond donors (Lipinski definition) is 2. The van der Waals surface area contributed by atoms with Gasteiger partial charge in [0.15, 0.2) is 0 Å². The van der Waals surface area contributed by atoms with Crippen LogP contribution in [0.25, 0.3) is 10.8 Å². The number of carbonyl (C=O) groups is 1. The van der Waals surface area contributed by atoms with Gasteiger partial charge in [0.2, 0.25) is 0 Å². The second-order valence-electron chi connectivity index (χ2n) is 5.83. The van der Waals surface area contributed by atoms with Gasteiger partial charge in [-0.1, -0.05) is 6.07 Å². The molecule has 1 aliphatic rings. The molecular weight excluding hydrogens is 300 g/mol. The highest BCUT2D eigenvalue weighted by Gasteiger charge is 2.34. The fourth-order valence-corrected chi connectivity index (χ4v) is 3.57. The standard InChI is InChI=1S/C16H17BClNO3/c1-9-5-14-15(11(7-18)8-19(14)17(2)22)13-6-10(16(20)21)3-4-12(9)13/h3-6,11,22H,7-8H2,1-2H3,(H,20,21). The predicted octanol–water partition coefficient (Wildman–Crippen LogP) is 3.10. The third kappa shape index (κ3) is 2.25. The smallest absolute Gasteiger partial charge is 0.409 e. The Labute approximate surface area is 134 Å². The van der Waals surface area contributed by atoms with Crippen LogP contribution in [0.4, 0.5) is 5.69 Å². The Morgan fingerprint density at radius 1 is 1.41 bits per heavy atom. The number of aryl methyl sites for hydroxylation is 1. The summed E-state index contributed by atoms with van der Waals surface area (Å²) >= 11 is 6.12. The second kappa shape index (κ2) is 5.49. The number of halogens is 1. The Hall–Kier alpha value is -1.72. The first-order chi connectivity index (χ1) is 10.4. The van der Waals surface area contributed by atoms with Gasteiger partial charge >= 0.3 is 13.0 Å². The lowest BCUT2D eigenvalue weighted by molar-refractivity contribution is 0.0697. The molecule has 3 rings (SSSR count). The van der Waals surface area contributed by atoms with Gasteiger partial charge < -0.3 is 14.9 Å². The maximum Gasteiger partial charge on any atom is 0.409 e. The molecule has 1 atom stereocenters. The number of anilines is 1. The predicted molar refractivity (Wildman–Crippen MR) is 90.3 cm³/mol. The molecule has 6 heteroatoms. The monoisotopic (exact) mass is 317 g/mol. The summed E-state index contributed by atoms with van der Waals surface area (Å²) in [6.07, 6.45) is 0. The Morgan fingerprint density at radius 2 is 2.14 bits per heavy atom. The molecule has 0 aliphatic carbocycles. The lowest BCUT2D eigenvalue weighted by Gasteiger charge is -2.21. The van der Waals surface area contributed by atoms with Gasteiger partial charge in [-0.3, -0.25) is 0 Å². The molecule has 22 heavy (non-hydrogen) atoms. The molecule has 2 aromatic carbocycles. The number of rotatable bonds is 3. The number of aromatic carboxylic acids is 1. The average molecular weight is 318 g/mol. The zero-order valence-corrected chi connectivity index (χ0v) is 13.3. The molecule has 1 unspecified atom stereocenters. The van der Waals surface area contributed by atoms with Crippen LogP contribution in [-0.2, 0) is 0 Å². The first kappa shape index (κ1) is 15.2. The molecule has 0 aromatic heterocycles. The van der Waals surface area contributed by atoms with E-state index in [-0.39, 0.29) is 11.5 Å². The minimum absolute atomic E-state index is 0.0819. The van der Waals surface area contributed by atoms with Gasteiger partial charge in [-0.2, -0.15) is 0 Å². The largest absolute Gasteiger partial charge is 0.478 e. The van der Waals surface area contributed by atoms with Crippen molar-refractivity contribution in [2.75, 3.05) is 17.2 Å². The van der Waals surface area contributed by atoms with E-state index >= 15 is 0 Å². The lowest BCUT2D eigenvalue weighted by atomic mass is 9.84. The van der Waals surface area contributed by atoms with Crippen molar-refractivity contribution in [1.82, 2.24) is 0 Å². The van der Waals surface area contributed by atoms with Crippen molar-refractivity contribution in [3.63, 3.8) is 0 Å². The van der Waals surface area contributed by atoms with Crippen molar-refractivity contribution in [3.8, 4) is 0 Å². The van der Waals surface area contributed by atoms with Crippen molar-refractivity contribution < 1.29 is 14.9 Å². The fourth-order valence-electron chi connectivity index (χ4n) is 3.32. The Kier molecular flexibility index (Phi) is 3.79. The van der Waals surface area contributed by atoms with Crippen LogP contribution in [0.2, 0.25) is 6.82 Å². The summed E-state index contributed by atoms with van der Waals surface area (Å²) in [5.41, 5.74) is 3.32. The van der Waals surface area contributed by atoms with Gasteiger partial charge in [-0.05, 0) is 53.8 Å². The molecule has 4 nitrogen and oxygen atoms in total. The van der Waals surface area contributed by atoms with Crippen LogP contribution in [-0.4, -0.2) is 35.6 Å². The van der Waals surface area contributed by atoms with Crippen molar-refractivity contribution >= 4 is 41.1 Å². The summed E-state index contributed by atoms with van der Waals surface area (Å²) in [4.78, 5) is 13.2. The van der Waals surface area contributed by atoms with E-state index in [0.717, 1.165) is 27.6 Å². The summed E-state index contributed by atoms with van der Waals surface area (Å²) < 4.78 is 0. The second-order valence-corrected chi connectivity index (χ2v) is 6.14. The van der Waals surface area contributed by atoms with E-state index in [1.807, 2.05) is 17.8 Å². The highest BCUT2D eigenvalue weighted by molar-refractivity contribution is 6.54. The van der Waals surface area contributed by atoms with Crippen molar-refractivity contribution in [3.05, 3.63) is 41.0 Å². The number of hydrogen-bond acceptors (Lipinski definition) is 3. The number of nitrogens with zero attached hydrogens (tertiary/aromatic N) is 1. The molecule has 1 aliphatic heterocycles. The summed E-state index contributed by atoms with van der Waals surface area (Å²) in [5.74, 6) is -0.422. The van der Waals surface area contributed by atoms with E-state index in [9.17, 15) is 14.9 Å². The topological polar surface area (TPSA) is 60.8 Å². The molecule has 114 valence electrons. The molecule has 0 saturated heterocycles. The Bertz CT molecular complexity index is 763. The normalized spacial score (nSPS) is 16.9. The Morgan fingerprint density at radius 3 is 2.73 bits per heavy atom. The maximum atomic E-state index is 11.3. The average Bonchev–Trinajstić information content (AvgIpc) is 2.85. The minimum Gasteiger partial charge on any atom is -0.478 e. The zero-order valence-electron chi connectivity index (χ0n) is 12.5. The molecule has 2 N–H and O–H groups in total. The van der Waals surface area contributed by atoms with Crippen LogP contribution in [0.3, 0.4) is 0 Å². The number of alkyl halides is 1. The van der Waals surface area contributed by atoms with Gasteiger partial charge in [0.1, 0.15) is 0 Å². The van der Waals surface area contributed by atoms with Crippen molar-refractivity contribution in [2.24, 2.45) is 0 Å². The van der Waals surface area contributed by atoms with Crippen LogP contribution in [0.15, 0.2) is 24.3 Å². The molecule has 0 saturated carbocycles. The van der Waals surface area contributed by atoms with E-state index in [0.29, 0.717) is 12.4 Å². The van der Waals surface area contributed by atoms with E-state index in [4.69, 9.17) is 11.6 Å². The van der Waals surface area contributed by atoms with Gasteiger partial charge in [-0.15, -0.1) is 11.6 Å². The highest BCUT2D eigenvalue weighted by Crippen LogP contribution is 2.43. The van der Waals surface area contributed by atoms with Crippen molar-refractivity contribution in [1.29, 1.82) is 0 Å². The molecule has 0 radical (unpaired) electrons. The van der Waals surface area contributed by atoms with E-state index in [1.165, 1.54) is 0 Å². The summed E-state index contributed by atoms with van der Waals surface area (Å²) in [7, 11) is -0.605. The fraction of sp³-hybridized carbons (Fsp3) is 0.312. The van der Waals surface area contributed by atoms with Gasteiger partial charge in [0.25, 0.3) is 0 Å². The number of benzene rings is 2. The quantitative estimate of drug-likeness (QED) is 0.674. The lowest BCUT2D eigenvalue weighted by Crippen LogP contribution is -2.36. The van der Waals surface area contributed by atoms with Gasteiger partial charge in [0, 0.05) is 24.0 Å². The summed E-state index contributed by atoms with van der Waals surface area (Å²) in [6, 6.07) is 7.25. The summed E-state index contributed by atoms with van der Waals surface area (Å²) in [5, 5.41) is 21.2. The zero-order chi connectivity index (χ0) is 16.0. The third-order valence-electron chi connectivity index (χ3n) is 4.38. The molecule has 0 fully saturated rings. The van der Waals surface area contributed by atoms with Crippen molar-refractivity contribution in [2.45, 2.75) is 19.7 Å². The minimum atomic E-state index is -0.940. The van der Waals surface area contributed by atoms with Gasteiger partial charge in [0.05, 0.1) is 5.56 Å². The number of fused-ring (bicyclic) bond motifs is 3. The van der Waals surface area contributed by atoms with Crippen LogP contribution in [0.1, 0.15) is 27.4 Å². The molecule has 0 bridgehead atoms. The van der Waals surface area contributed by atoms with Crippen LogP contribution in [0, 0.1) is 6.92 Å². The van der Waals surface area contributed by atoms with Crippen LogP contribution in [0.5, 0.6) is 0 Å². The Balaban J connectivity index is 2.33. The maximum absolute atomic E-state index is 11.3. The molecular formula is C16H17BClNO3. The highest BCUT2D eigenvalue weighted by atomic mass is 35.5. The SMILES string of the molecule is CB(O)N1CC(CCl)c2c1cc(C)c1ccc(C(=O)O)cc21. The molecule has 0 spiro atoms. The summed E-state index contributed by atoms with van der Waals surface area (Å²) in [6.45, 7) is 4.37. The molecule has 2 aromatic rings. The molecule has 0 amide bonds. The first-order valence-corrected chi connectivity index (χ1v) is 7.78. The van der Waals surface area contributed by atoms with Gasteiger partial charge in [-0.25, -0.2) is 4.79 Å². The van der Waals surface area contributed by atoms with E-state index < -0.39 is 13.0 Å². The van der Waals surface area contributed by atoms with Crippen LogP contribution < -0.4 is 4.81 Å². The number of carboxylic acids is 1.